The molecule has 0 unspecified atom stereocenters. The number of hydrazone groups is 1. The van der Waals surface area contributed by atoms with Gasteiger partial charge in [-0.1, -0.05) is 6.07 Å². The molecule has 4 aromatic carbocycles. The lowest BCUT2D eigenvalue weighted by Crippen LogP contribution is -2.19. The number of hydrogen-bond donors (Lipinski definition) is 2. The van der Waals surface area contributed by atoms with Gasteiger partial charge < -0.3 is 23.7 Å². The van der Waals surface area contributed by atoms with Crippen molar-refractivity contribution in [2.75, 3.05) is 33.2 Å². The van der Waals surface area contributed by atoms with E-state index in [4.69, 9.17) is 23.7 Å². The first-order chi connectivity index (χ1) is 21.1. The molecule has 0 spiro atoms. The lowest BCUT2D eigenvalue weighted by Gasteiger charge is -2.11. The summed E-state index contributed by atoms with van der Waals surface area (Å²) in [4.78, 5) is 25.4. The highest BCUT2D eigenvalue weighted by atomic mass is 32.2. The summed E-state index contributed by atoms with van der Waals surface area (Å²) in [6, 6.07) is 21.2. The fraction of sp³-hybridized carbons (Fsp3) is 0.129. The van der Waals surface area contributed by atoms with Crippen LogP contribution < -0.4 is 33.8 Å². The van der Waals surface area contributed by atoms with Gasteiger partial charge in [0.25, 0.3) is 15.9 Å². The first-order valence-corrected chi connectivity index (χ1v) is 14.4. The van der Waals surface area contributed by atoms with Gasteiger partial charge in [-0.2, -0.15) is 5.10 Å². The van der Waals surface area contributed by atoms with Crippen molar-refractivity contribution in [3.8, 4) is 28.7 Å². The molecule has 4 aromatic rings. The van der Waals surface area contributed by atoms with Gasteiger partial charge in [0.15, 0.2) is 11.5 Å². The number of benzene rings is 4. The number of carbonyl (C=O) groups is 2. The van der Waals surface area contributed by atoms with E-state index >= 15 is 0 Å². The predicted octanol–water partition coefficient (Wildman–Crippen LogP) is 4.50. The van der Waals surface area contributed by atoms with Crippen LogP contribution in [0.1, 0.15) is 26.3 Å². The van der Waals surface area contributed by atoms with Crippen LogP contribution in [0.4, 0.5) is 5.69 Å². The summed E-state index contributed by atoms with van der Waals surface area (Å²) in [5.74, 6) is 0.542. The number of rotatable bonds is 12. The van der Waals surface area contributed by atoms with Crippen molar-refractivity contribution >= 4 is 33.8 Å². The Hall–Kier alpha value is -5.56. The first kappa shape index (κ1) is 31.4. The van der Waals surface area contributed by atoms with E-state index in [2.05, 4.69) is 15.2 Å². The van der Waals surface area contributed by atoms with Gasteiger partial charge in [-0.05, 0) is 78.4 Å². The number of nitrogens with one attached hydrogen (secondary N) is 2. The average Bonchev–Trinajstić information content (AvgIpc) is 3.05. The number of anilines is 1. The maximum atomic E-state index is 12.9. The number of ether oxygens (including phenoxy) is 5. The number of sulfonamides is 1. The zero-order chi connectivity index (χ0) is 31.7. The lowest BCUT2D eigenvalue weighted by molar-refractivity contribution is 0.0728. The summed E-state index contributed by atoms with van der Waals surface area (Å²) in [5.41, 5.74) is 3.51. The van der Waals surface area contributed by atoms with Crippen LogP contribution in [0.15, 0.2) is 94.9 Å². The van der Waals surface area contributed by atoms with Crippen molar-refractivity contribution < 1.29 is 41.7 Å². The summed E-state index contributed by atoms with van der Waals surface area (Å²) in [6.45, 7) is 0. The third kappa shape index (κ3) is 7.83. The second kappa shape index (κ2) is 14.1. The molecule has 0 aliphatic heterocycles. The van der Waals surface area contributed by atoms with E-state index in [9.17, 15) is 18.0 Å². The van der Waals surface area contributed by atoms with Crippen LogP contribution in [0, 0.1) is 0 Å². The normalized spacial score (nSPS) is 11.0. The lowest BCUT2D eigenvalue weighted by atomic mass is 10.2. The zero-order valence-corrected chi connectivity index (χ0v) is 25.0. The molecule has 4 rings (SSSR count). The summed E-state index contributed by atoms with van der Waals surface area (Å²) in [6.07, 6.45) is 1.35. The monoisotopic (exact) mass is 619 g/mol. The smallest absolute Gasteiger partial charge is 0.343 e. The van der Waals surface area contributed by atoms with Crippen LogP contribution in [0.5, 0.6) is 28.7 Å². The highest BCUT2D eigenvalue weighted by Gasteiger charge is 2.18. The van der Waals surface area contributed by atoms with Gasteiger partial charge in [-0.15, -0.1) is 0 Å². The van der Waals surface area contributed by atoms with Crippen LogP contribution >= 0.6 is 0 Å². The molecule has 0 aromatic heterocycles. The fourth-order valence-corrected chi connectivity index (χ4v) is 4.94. The van der Waals surface area contributed by atoms with E-state index in [1.54, 1.807) is 42.5 Å². The topological polar surface area (TPSA) is 151 Å². The van der Waals surface area contributed by atoms with E-state index in [0.717, 1.165) is 0 Å². The van der Waals surface area contributed by atoms with Crippen molar-refractivity contribution in [2.24, 2.45) is 5.10 Å². The van der Waals surface area contributed by atoms with Crippen LogP contribution in [0.25, 0.3) is 0 Å². The van der Waals surface area contributed by atoms with Gasteiger partial charge in [0.1, 0.15) is 17.2 Å². The highest BCUT2D eigenvalue weighted by Crippen LogP contribution is 2.30. The van der Waals surface area contributed by atoms with E-state index in [1.807, 2.05) is 0 Å². The molecule has 0 saturated carbocycles. The van der Waals surface area contributed by atoms with Gasteiger partial charge in [-0.25, -0.2) is 18.6 Å². The number of methoxy groups -OCH3 is 4. The predicted molar refractivity (Wildman–Crippen MR) is 163 cm³/mol. The van der Waals surface area contributed by atoms with Gasteiger partial charge in [-0.3, -0.25) is 9.52 Å². The van der Waals surface area contributed by atoms with Crippen molar-refractivity contribution in [3.63, 3.8) is 0 Å². The Morgan fingerprint density at radius 3 is 2.02 bits per heavy atom. The summed E-state index contributed by atoms with van der Waals surface area (Å²) in [5, 5.41) is 3.95. The molecule has 13 heteroatoms. The largest absolute Gasteiger partial charge is 0.497 e. The molecule has 228 valence electrons. The molecule has 0 fully saturated rings. The molecule has 44 heavy (non-hydrogen) atoms. The molecule has 1 amide bonds. The van der Waals surface area contributed by atoms with Crippen LogP contribution in [0.2, 0.25) is 0 Å². The Labute approximate surface area is 254 Å². The Morgan fingerprint density at radius 2 is 1.39 bits per heavy atom. The number of esters is 1. The standard InChI is InChI=1S/C31H29N3O9S/c1-39-24-11-9-23(10-12-24)34-44(37,38)27-7-5-6-21(17-27)30(35)33-32-19-20-8-13-28(29(14-20)42-4)43-31(36)22-15-25(40-2)18-26(16-22)41-3/h5-19,34H,1-4H3,(H,33,35)/b32-19+. The van der Waals surface area contributed by atoms with Crippen LogP contribution in [-0.4, -0.2) is 54.9 Å². The minimum Gasteiger partial charge on any atom is -0.497 e. The van der Waals surface area contributed by atoms with E-state index < -0.39 is 21.9 Å². The first-order valence-electron chi connectivity index (χ1n) is 12.9. The van der Waals surface area contributed by atoms with Crippen LogP contribution in [0.3, 0.4) is 0 Å². The molecule has 0 radical (unpaired) electrons. The maximum absolute atomic E-state index is 12.9. The number of nitrogens with zero attached hydrogens (tertiary/aromatic N) is 1. The second-order valence-corrected chi connectivity index (χ2v) is 10.6. The molecule has 0 saturated heterocycles. The maximum Gasteiger partial charge on any atom is 0.343 e. The van der Waals surface area contributed by atoms with Crippen molar-refractivity contribution in [3.05, 3.63) is 102 Å². The van der Waals surface area contributed by atoms with Crippen LogP contribution in [-0.2, 0) is 10.0 Å². The minimum atomic E-state index is -3.97. The summed E-state index contributed by atoms with van der Waals surface area (Å²) in [7, 11) is 1.90. The van der Waals surface area contributed by atoms with Crippen molar-refractivity contribution in [1.29, 1.82) is 0 Å². The van der Waals surface area contributed by atoms with Gasteiger partial charge in [0, 0.05) is 17.3 Å². The van der Waals surface area contributed by atoms with E-state index in [-0.39, 0.29) is 27.5 Å². The molecular formula is C31H29N3O9S. The molecular weight excluding hydrogens is 590 g/mol. The molecule has 0 aliphatic rings. The number of carbonyl (C=O) groups excluding carboxylic acids is 2. The number of hydrogen-bond acceptors (Lipinski definition) is 10. The average molecular weight is 620 g/mol. The summed E-state index contributed by atoms with van der Waals surface area (Å²) >= 11 is 0. The van der Waals surface area contributed by atoms with Gasteiger partial charge in [0.2, 0.25) is 0 Å². The van der Waals surface area contributed by atoms with Gasteiger partial charge in [0.05, 0.1) is 45.1 Å². The third-order valence-corrected chi connectivity index (χ3v) is 7.48. The quantitative estimate of drug-likeness (QED) is 0.101. The van der Waals surface area contributed by atoms with E-state index in [1.165, 1.54) is 77.1 Å². The summed E-state index contributed by atoms with van der Waals surface area (Å²) < 4.78 is 54.6. The Morgan fingerprint density at radius 1 is 0.705 bits per heavy atom. The molecule has 12 nitrogen and oxygen atoms in total. The highest BCUT2D eigenvalue weighted by molar-refractivity contribution is 7.92. The van der Waals surface area contributed by atoms with Crippen molar-refractivity contribution in [2.45, 2.75) is 4.90 Å². The molecule has 0 bridgehead atoms. The third-order valence-electron chi connectivity index (χ3n) is 6.11. The Bertz CT molecular complexity index is 1770. The Balaban J connectivity index is 1.42. The molecule has 2 N–H and O–H groups in total. The molecule has 0 atom stereocenters. The van der Waals surface area contributed by atoms with E-state index in [0.29, 0.717) is 28.5 Å². The fourth-order valence-electron chi connectivity index (χ4n) is 3.84. The molecule has 0 aliphatic carbocycles. The van der Waals surface area contributed by atoms with Crippen molar-refractivity contribution in [1.82, 2.24) is 5.43 Å². The second-order valence-electron chi connectivity index (χ2n) is 8.96. The SMILES string of the molecule is COc1ccc(NS(=O)(=O)c2cccc(C(=O)N/N=C/c3ccc(OC(=O)c4cc(OC)cc(OC)c4)c(OC)c3)c2)cc1. The van der Waals surface area contributed by atoms with Gasteiger partial charge >= 0.3 is 5.97 Å². The minimum absolute atomic E-state index is 0.0776. The number of amides is 1. The zero-order valence-electron chi connectivity index (χ0n) is 24.2. The molecule has 0 heterocycles. The Kier molecular flexibility index (Phi) is 10.0.